The summed E-state index contributed by atoms with van der Waals surface area (Å²) in [7, 11) is 3.50. The number of ether oxygens (including phenoxy) is 2. The molecule has 2 aliphatic heterocycles. The predicted molar refractivity (Wildman–Crippen MR) is 142 cm³/mol. The molecule has 8 nitrogen and oxygen atoms in total. The van der Waals surface area contributed by atoms with Crippen LogP contribution in [-0.2, 0) is 14.3 Å². The van der Waals surface area contributed by atoms with E-state index in [0.717, 1.165) is 16.8 Å². The van der Waals surface area contributed by atoms with Gasteiger partial charge >= 0.3 is 18.1 Å². The molecule has 0 spiro atoms. The number of alkyl halides is 3. The minimum absolute atomic E-state index is 0.0576. The molecular formula is C28H37F3N4O4. The van der Waals surface area contributed by atoms with Crippen molar-refractivity contribution in [2.75, 3.05) is 45.5 Å². The Kier molecular flexibility index (Phi) is 7.79. The first-order valence-corrected chi connectivity index (χ1v) is 13.0. The molecule has 1 aromatic carbocycles. The smallest absolute Gasteiger partial charge is 0.372 e. The number of epoxide rings is 1. The molecule has 3 atom stereocenters. The molecule has 3 aliphatic rings. The van der Waals surface area contributed by atoms with Gasteiger partial charge in [-0.2, -0.15) is 13.2 Å². The lowest BCUT2D eigenvalue weighted by Gasteiger charge is -2.41. The Bertz CT molecular complexity index is 1150. The molecule has 0 bridgehead atoms. The van der Waals surface area contributed by atoms with Gasteiger partial charge in [0, 0.05) is 31.9 Å². The van der Waals surface area contributed by atoms with E-state index in [0.29, 0.717) is 31.8 Å². The molecule has 39 heavy (non-hydrogen) atoms. The van der Waals surface area contributed by atoms with E-state index in [1.807, 2.05) is 50.4 Å². The SMILES string of the molecule is C=C(c1ccccc1N1CN(C)C(=O)N(C)C1)[C@]12C[C@H](/C(=C\COC(C)(C)C)CNC(=O)C(F)(F)F)C[C@H]1O2. The van der Waals surface area contributed by atoms with E-state index in [9.17, 15) is 22.8 Å². The van der Waals surface area contributed by atoms with Crippen molar-refractivity contribution in [3.8, 4) is 0 Å². The second-order valence-corrected chi connectivity index (χ2v) is 11.5. The fourth-order valence-corrected chi connectivity index (χ4v) is 5.44. The number of carbonyl (C=O) groups is 2. The largest absolute Gasteiger partial charge is 0.471 e. The van der Waals surface area contributed by atoms with Crippen molar-refractivity contribution in [2.24, 2.45) is 5.92 Å². The number of carbonyl (C=O) groups excluding carboxylic acids is 2. The van der Waals surface area contributed by atoms with Gasteiger partial charge in [-0.15, -0.1) is 0 Å². The van der Waals surface area contributed by atoms with Crippen LogP contribution < -0.4 is 10.2 Å². The lowest BCUT2D eigenvalue weighted by atomic mass is 9.87. The van der Waals surface area contributed by atoms with E-state index in [2.05, 4.69) is 11.5 Å². The summed E-state index contributed by atoms with van der Waals surface area (Å²) in [6.07, 6.45) is -2.16. The Balaban J connectivity index is 1.53. The first-order chi connectivity index (χ1) is 18.1. The first-order valence-electron chi connectivity index (χ1n) is 13.0. The highest BCUT2D eigenvalue weighted by molar-refractivity contribution is 5.84. The molecule has 4 rings (SSSR count). The molecule has 214 valence electrons. The van der Waals surface area contributed by atoms with Gasteiger partial charge in [-0.1, -0.05) is 30.9 Å². The number of rotatable bonds is 8. The van der Waals surface area contributed by atoms with E-state index in [-0.39, 0.29) is 31.2 Å². The Labute approximate surface area is 227 Å². The van der Waals surface area contributed by atoms with E-state index >= 15 is 0 Å². The van der Waals surface area contributed by atoms with Gasteiger partial charge in [0.25, 0.3) is 0 Å². The Morgan fingerprint density at radius 1 is 1.21 bits per heavy atom. The fraction of sp³-hybridized carbons (Fsp3) is 0.571. The molecule has 1 N–H and O–H groups in total. The van der Waals surface area contributed by atoms with E-state index in [4.69, 9.17) is 9.47 Å². The van der Waals surface area contributed by atoms with Crippen LogP contribution in [-0.4, -0.2) is 85.8 Å². The highest BCUT2D eigenvalue weighted by Gasteiger charge is 2.64. The third-order valence-electron chi connectivity index (χ3n) is 7.46. The van der Waals surface area contributed by atoms with Crippen LogP contribution in [0.2, 0.25) is 0 Å². The number of benzene rings is 1. The number of urea groups is 1. The number of hydrogen-bond donors (Lipinski definition) is 1. The second kappa shape index (κ2) is 10.5. The summed E-state index contributed by atoms with van der Waals surface area (Å²) in [5.74, 6) is -2.07. The molecule has 0 radical (unpaired) electrons. The summed E-state index contributed by atoms with van der Waals surface area (Å²) in [6.45, 7) is 11.0. The Morgan fingerprint density at radius 2 is 1.85 bits per heavy atom. The molecule has 2 heterocycles. The van der Waals surface area contributed by atoms with Crippen molar-refractivity contribution in [1.29, 1.82) is 0 Å². The van der Waals surface area contributed by atoms with Crippen molar-refractivity contribution in [3.63, 3.8) is 0 Å². The average Bonchev–Trinajstić information content (AvgIpc) is 3.42. The van der Waals surface area contributed by atoms with E-state index in [1.165, 1.54) is 0 Å². The van der Waals surface area contributed by atoms with Gasteiger partial charge in [-0.25, -0.2) is 4.79 Å². The van der Waals surface area contributed by atoms with E-state index < -0.39 is 23.3 Å². The van der Waals surface area contributed by atoms with Crippen LogP contribution in [0, 0.1) is 5.92 Å². The van der Waals surface area contributed by atoms with E-state index in [1.54, 1.807) is 30.0 Å². The monoisotopic (exact) mass is 550 g/mol. The van der Waals surface area contributed by atoms with Gasteiger partial charge in [-0.3, -0.25) is 4.79 Å². The average molecular weight is 551 g/mol. The van der Waals surface area contributed by atoms with Crippen LogP contribution in [0.1, 0.15) is 39.2 Å². The van der Waals surface area contributed by atoms with Crippen LogP contribution in [0.4, 0.5) is 23.7 Å². The zero-order chi connectivity index (χ0) is 28.8. The van der Waals surface area contributed by atoms with Crippen LogP contribution in [0.5, 0.6) is 0 Å². The summed E-state index contributed by atoms with van der Waals surface area (Å²) in [5, 5.41) is 2.02. The Hall–Kier alpha value is -3.05. The summed E-state index contributed by atoms with van der Waals surface area (Å²) in [6, 6.07) is 7.77. The lowest BCUT2D eigenvalue weighted by Crippen LogP contribution is -2.55. The fourth-order valence-electron chi connectivity index (χ4n) is 5.44. The van der Waals surface area contributed by atoms with Gasteiger partial charge < -0.3 is 29.5 Å². The van der Waals surface area contributed by atoms with Gasteiger partial charge in [-0.05, 0) is 56.7 Å². The highest BCUT2D eigenvalue weighted by atomic mass is 19.4. The quantitative estimate of drug-likeness (QED) is 0.384. The van der Waals surface area contributed by atoms with Gasteiger partial charge in [0.15, 0.2) is 0 Å². The molecule has 3 amide bonds. The molecule has 1 aromatic rings. The Morgan fingerprint density at radius 3 is 2.46 bits per heavy atom. The normalized spacial score (nSPS) is 25.6. The lowest BCUT2D eigenvalue weighted by molar-refractivity contribution is -0.173. The molecule has 2 saturated heterocycles. The van der Waals surface area contributed by atoms with Crippen LogP contribution >= 0.6 is 0 Å². The molecule has 11 heteroatoms. The standard InChI is InChI=1S/C28H37F3N4O4/c1-18(21-9-7-8-10-22(21)35-16-33(5)25(37)34(6)17-35)27-14-20(13-23(27)39-27)19(11-12-38-26(2,3)4)15-32-24(36)28(29,30)31/h7-11,20,23H,1,12-17H2,2-6H3,(H,32,36)/b19-11-/t20-,23-,27-/m1/s1. The number of nitrogens with one attached hydrogen (secondary N) is 1. The maximum atomic E-state index is 12.9. The van der Waals surface area contributed by atoms with Gasteiger partial charge in [0.05, 0.1) is 31.6 Å². The number of anilines is 1. The van der Waals surface area contributed by atoms with Crippen LogP contribution in [0.25, 0.3) is 5.57 Å². The highest BCUT2D eigenvalue weighted by Crippen LogP contribution is 2.60. The van der Waals surface area contributed by atoms with Crippen LogP contribution in [0.15, 0.2) is 42.5 Å². The molecule has 1 aliphatic carbocycles. The number of nitrogens with zero attached hydrogens (tertiary/aromatic N) is 3. The molecule has 0 aromatic heterocycles. The van der Waals surface area contributed by atoms with Crippen molar-refractivity contribution in [2.45, 2.75) is 57.1 Å². The van der Waals surface area contributed by atoms with Gasteiger partial charge in [0.1, 0.15) is 5.60 Å². The van der Waals surface area contributed by atoms with Crippen molar-refractivity contribution in [1.82, 2.24) is 15.1 Å². The zero-order valence-electron chi connectivity index (χ0n) is 23.1. The first kappa shape index (κ1) is 28.9. The summed E-state index contributed by atoms with van der Waals surface area (Å²) < 4.78 is 50.5. The molecular weight excluding hydrogens is 513 g/mol. The minimum Gasteiger partial charge on any atom is -0.372 e. The molecule has 1 saturated carbocycles. The molecule has 3 fully saturated rings. The number of para-hydroxylation sites is 1. The topological polar surface area (TPSA) is 77.7 Å². The maximum Gasteiger partial charge on any atom is 0.471 e. The maximum absolute atomic E-state index is 12.9. The number of amides is 3. The zero-order valence-corrected chi connectivity index (χ0v) is 23.1. The third-order valence-corrected chi connectivity index (χ3v) is 7.46. The summed E-state index contributed by atoms with van der Waals surface area (Å²) in [4.78, 5) is 29.1. The third kappa shape index (κ3) is 6.24. The van der Waals surface area contributed by atoms with Crippen molar-refractivity contribution < 1.29 is 32.2 Å². The summed E-state index contributed by atoms with van der Waals surface area (Å²) in [5.41, 5.74) is 2.26. The second-order valence-electron chi connectivity index (χ2n) is 11.5. The number of fused-ring (bicyclic) bond motifs is 1. The predicted octanol–water partition coefficient (Wildman–Crippen LogP) is 4.39. The van der Waals surface area contributed by atoms with Crippen molar-refractivity contribution >= 4 is 23.2 Å². The van der Waals surface area contributed by atoms with Gasteiger partial charge in [0.2, 0.25) is 0 Å². The number of hydrogen-bond acceptors (Lipinski definition) is 5. The number of halogens is 3. The van der Waals surface area contributed by atoms with Crippen molar-refractivity contribution in [3.05, 3.63) is 48.1 Å². The van der Waals surface area contributed by atoms with Crippen LogP contribution in [0.3, 0.4) is 0 Å². The summed E-state index contributed by atoms with van der Waals surface area (Å²) >= 11 is 0. The minimum atomic E-state index is -4.95. The molecule has 0 unspecified atom stereocenters.